The van der Waals surface area contributed by atoms with Crippen molar-refractivity contribution in [1.82, 2.24) is 0 Å². The quantitative estimate of drug-likeness (QED) is 0.837. The van der Waals surface area contributed by atoms with Crippen molar-refractivity contribution in [3.05, 3.63) is 66.2 Å². The normalized spacial score (nSPS) is 13.5. The zero-order valence-corrected chi connectivity index (χ0v) is 12.0. The molecule has 20 heavy (non-hydrogen) atoms. The number of anilines is 1. The molecule has 0 amide bonds. The van der Waals surface area contributed by atoms with E-state index in [1.54, 1.807) is 0 Å². The van der Waals surface area contributed by atoms with Gasteiger partial charge in [0.05, 0.1) is 6.04 Å². The van der Waals surface area contributed by atoms with Gasteiger partial charge in [-0.05, 0) is 17.7 Å². The van der Waals surface area contributed by atoms with Crippen molar-refractivity contribution in [2.75, 3.05) is 5.32 Å². The molecule has 0 aliphatic carbocycles. The van der Waals surface area contributed by atoms with Crippen molar-refractivity contribution < 1.29 is 4.79 Å². The Balaban J connectivity index is 2.27. The fourth-order valence-corrected chi connectivity index (χ4v) is 2.38. The third kappa shape index (κ3) is 3.47. The highest BCUT2D eigenvalue weighted by Gasteiger charge is 2.24. The van der Waals surface area contributed by atoms with Crippen LogP contribution in [-0.4, -0.2) is 5.78 Å². The van der Waals surface area contributed by atoms with Crippen LogP contribution in [0, 0.1) is 5.92 Å². The van der Waals surface area contributed by atoms with Gasteiger partial charge >= 0.3 is 0 Å². The highest BCUT2D eigenvalue weighted by molar-refractivity contribution is 5.81. The minimum Gasteiger partial charge on any atom is -0.378 e. The summed E-state index contributed by atoms with van der Waals surface area (Å²) in [6.45, 7) is 3.92. The minimum atomic E-state index is -0.0531. The van der Waals surface area contributed by atoms with Crippen molar-refractivity contribution in [3.63, 3.8) is 0 Å². The van der Waals surface area contributed by atoms with Gasteiger partial charge in [-0.15, -0.1) is 0 Å². The van der Waals surface area contributed by atoms with Crippen LogP contribution in [0.15, 0.2) is 60.7 Å². The molecule has 2 aromatic carbocycles. The van der Waals surface area contributed by atoms with E-state index >= 15 is 0 Å². The molecule has 0 spiro atoms. The first-order chi connectivity index (χ1) is 9.72. The number of carbonyl (C=O) groups is 1. The predicted octanol–water partition coefficient (Wildman–Crippen LogP) is 4.46. The van der Waals surface area contributed by atoms with Crippen LogP contribution in [0.3, 0.4) is 0 Å². The number of benzene rings is 2. The molecule has 0 aliphatic rings. The Bertz CT molecular complexity index is 536. The third-order valence-electron chi connectivity index (χ3n) is 3.61. The van der Waals surface area contributed by atoms with Gasteiger partial charge in [-0.3, -0.25) is 4.79 Å². The molecule has 104 valence electrons. The fourth-order valence-electron chi connectivity index (χ4n) is 2.38. The number of carbonyl (C=O) groups excluding carboxylic acids is 1. The van der Waals surface area contributed by atoms with Crippen molar-refractivity contribution in [1.29, 1.82) is 0 Å². The summed E-state index contributed by atoms with van der Waals surface area (Å²) in [6, 6.07) is 20.2. The van der Waals surface area contributed by atoms with Crippen LogP contribution in [-0.2, 0) is 4.79 Å². The number of Topliss-reactive ketones (excluding diaryl/α,β-unsaturated/α-hetero) is 1. The first kappa shape index (κ1) is 14.3. The monoisotopic (exact) mass is 267 g/mol. The van der Waals surface area contributed by atoms with E-state index in [-0.39, 0.29) is 17.7 Å². The summed E-state index contributed by atoms with van der Waals surface area (Å²) >= 11 is 0. The van der Waals surface area contributed by atoms with E-state index < -0.39 is 0 Å². The van der Waals surface area contributed by atoms with Crippen LogP contribution < -0.4 is 5.32 Å². The number of ketones is 1. The van der Waals surface area contributed by atoms with Gasteiger partial charge in [-0.1, -0.05) is 62.4 Å². The van der Waals surface area contributed by atoms with Gasteiger partial charge in [-0.2, -0.15) is 0 Å². The summed E-state index contributed by atoms with van der Waals surface area (Å²) in [5, 5.41) is 3.49. The van der Waals surface area contributed by atoms with Gasteiger partial charge in [0.1, 0.15) is 5.78 Å². The smallest absolute Gasteiger partial charge is 0.137 e. The molecule has 0 saturated carbocycles. The summed E-state index contributed by atoms with van der Waals surface area (Å²) in [4.78, 5) is 12.1. The molecular formula is C18H21NO. The van der Waals surface area contributed by atoms with E-state index in [4.69, 9.17) is 0 Å². The second kappa shape index (κ2) is 6.90. The zero-order chi connectivity index (χ0) is 14.4. The molecule has 2 atom stereocenters. The lowest BCUT2D eigenvalue weighted by Gasteiger charge is -2.25. The van der Waals surface area contributed by atoms with E-state index in [2.05, 4.69) is 17.4 Å². The van der Waals surface area contributed by atoms with Crippen LogP contribution in [0.1, 0.15) is 31.9 Å². The van der Waals surface area contributed by atoms with Crippen LogP contribution >= 0.6 is 0 Å². The van der Waals surface area contributed by atoms with Crippen molar-refractivity contribution >= 4 is 11.5 Å². The molecule has 0 aromatic heterocycles. The standard InChI is InChI=1S/C18H21NO/c1-3-17(20)14(2)18(15-10-6-4-7-11-15)19-16-12-8-5-9-13-16/h4-14,18-19H,3H2,1-2H3/t14-,18+/m1/s1. The van der Waals surface area contributed by atoms with Gasteiger partial charge in [0.15, 0.2) is 0 Å². The van der Waals surface area contributed by atoms with Crippen LogP contribution in [0.2, 0.25) is 0 Å². The summed E-state index contributed by atoms with van der Waals surface area (Å²) in [5.41, 5.74) is 2.18. The van der Waals surface area contributed by atoms with Crippen molar-refractivity contribution in [3.8, 4) is 0 Å². The lowest BCUT2D eigenvalue weighted by atomic mass is 9.90. The lowest BCUT2D eigenvalue weighted by molar-refractivity contribution is -0.122. The molecule has 0 radical (unpaired) electrons. The first-order valence-electron chi connectivity index (χ1n) is 7.11. The van der Waals surface area contributed by atoms with Gasteiger partial charge in [0, 0.05) is 18.0 Å². The van der Waals surface area contributed by atoms with E-state index in [0.29, 0.717) is 6.42 Å². The number of para-hydroxylation sites is 1. The average Bonchev–Trinajstić information content (AvgIpc) is 2.53. The lowest BCUT2D eigenvalue weighted by Crippen LogP contribution is -2.25. The van der Waals surface area contributed by atoms with E-state index in [0.717, 1.165) is 11.3 Å². The second-order valence-corrected chi connectivity index (χ2v) is 5.01. The summed E-state index contributed by atoms with van der Waals surface area (Å²) < 4.78 is 0. The summed E-state index contributed by atoms with van der Waals surface area (Å²) in [5.74, 6) is 0.227. The molecule has 0 fully saturated rings. The van der Waals surface area contributed by atoms with Gasteiger partial charge < -0.3 is 5.32 Å². The second-order valence-electron chi connectivity index (χ2n) is 5.01. The maximum Gasteiger partial charge on any atom is 0.137 e. The fraction of sp³-hybridized carbons (Fsp3) is 0.278. The highest BCUT2D eigenvalue weighted by Crippen LogP contribution is 2.27. The molecule has 0 aliphatic heterocycles. The largest absolute Gasteiger partial charge is 0.378 e. The Morgan fingerprint density at radius 3 is 2.10 bits per heavy atom. The Labute approximate surface area is 120 Å². The predicted molar refractivity (Wildman–Crippen MR) is 83.7 cm³/mol. The van der Waals surface area contributed by atoms with Crippen molar-refractivity contribution in [2.24, 2.45) is 5.92 Å². The number of rotatable bonds is 6. The number of nitrogens with one attached hydrogen (secondary N) is 1. The highest BCUT2D eigenvalue weighted by atomic mass is 16.1. The molecular weight excluding hydrogens is 246 g/mol. The van der Waals surface area contributed by atoms with Crippen LogP contribution in [0.5, 0.6) is 0 Å². The zero-order valence-electron chi connectivity index (χ0n) is 12.0. The van der Waals surface area contributed by atoms with Gasteiger partial charge in [-0.25, -0.2) is 0 Å². The van der Waals surface area contributed by atoms with Crippen molar-refractivity contribution in [2.45, 2.75) is 26.3 Å². The maximum atomic E-state index is 12.1. The number of hydrogen-bond donors (Lipinski definition) is 1. The average molecular weight is 267 g/mol. The molecule has 1 N–H and O–H groups in total. The van der Waals surface area contributed by atoms with E-state index in [1.165, 1.54) is 0 Å². The molecule has 0 bridgehead atoms. The Morgan fingerprint density at radius 2 is 1.55 bits per heavy atom. The van der Waals surface area contributed by atoms with Gasteiger partial charge in [0.25, 0.3) is 0 Å². The van der Waals surface area contributed by atoms with Gasteiger partial charge in [0.2, 0.25) is 0 Å². The number of hydrogen-bond acceptors (Lipinski definition) is 2. The molecule has 2 aromatic rings. The Morgan fingerprint density at radius 1 is 1.00 bits per heavy atom. The summed E-state index contributed by atoms with van der Waals surface area (Å²) in [7, 11) is 0. The Kier molecular flexibility index (Phi) is 4.94. The third-order valence-corrected chi connectivity index (χ3v) is 3.61. The molecule has 2 heteroatoms. The first-order valence-corrected chi connectivity index (χ1v) is 7.11. The molecule has 2 rings (SSSR count). The molecule has 0 unspecified atom stereocenters. The SMILES string of the molecule is CCC(=O)[C@@H](C)[C@H](Nc1ccccc1)c1ccccc1. The van der Waals surface area contributed by atoms with E-state index in [9.17, 15) is 4.79 Å². The van der Waals surface area contributed by atoms with E-state index in [1.807, 2.05) is 62.4 Å². The summed E-state index contributed by atoms with van der Waals surface area (Å²) in [6.07, 6.45) is 0.570. The molecule has 2 nitrogen and oxygen atoms in total. The topological polar surface area (TPSA) is 29.1 Å². The van der Waals surface area contributed by atoms with Crippen LogP contribution in [0.4, 0.5) is 5.69 Å². The molecule has 0 saturated heterocycles. The molecule has 0 heterocycles. The maximum absolute atomic E-state index is 12.1. The van der Waals surface area contributed by atoms with Crippen LogP contribution in [0.25, 0.3) is 0 Å². The Hall–Kier alpha value is -2.09. The minimum absolute atomic E-state index is 0.00560.